The van der Waals surface area contributed by atoms with Crippen molar-refractivity contribution in [3.63, 3.8) is 0 Å². The third kappa shape index (κ3) is 4.78. The summed E-state index contributed by atoms with van der Waals surface area (Å²) in [5.74, 6) is -0.494. The predicted molar refractivity (Wildman–Crippen MR) is 119 cm³/mol. The maximum Gasteiger partial charge on any atom is 0.166 e. The molecule has 0 saturated carbocycles. The third-order valence-corrected chi connectivity index (χ3v) is 5.08. The van der Waals surface area contributed by atoms with E-state index >= 15 is 0 Å². The van der Waals surface area contributed by atoms with E-state index in [-0.39, 0.29) is 31.1 Å². The summed E-state index contributed by atoms with van der Waals surface area (Å²) in [6, 6.07) is 5.85. The van der Waals surface area contributed by atoms with Gasteiger partial charge in [-0.15, -0.1) is 0 Å². The molecule has 1 aliphatic heterocycles. The highest BCUT2D eigenvalue weighted by atomic mass is 19.1. The number of aromatic nitrogens is 1. The number of nitrogen functional groups attached to an aromatic ring is 1. The van der Waals surface area contributed by atoms with Gasteiger partial charge in [0.2, 0.25) is 0 Å². The monoisotopic (exact) mass is 430 g/mol. The lowest BCUT2D eigenvalue weighted by atomic mass is 9.98. The molecule has 1 aliphatic rings. The number of halogens is 2. The second kappa shape index (κ2) is 9.76. The Balaban J connectivity index is 2.27. The highest BCUT2D eigenvalue weighted by molar-refractivity contribution is 5.73. The maximum atomic E-state index is 14.9. The van der Waals surface area contributed by atoms with Gasteiger partial charge in [0.1, 0.15) is 17.7 Å². The van der Waals surface area contributed by atoms with Crippen LogP contribution in [-0.4, -0.2) is 31.2 Å². The summed E-state index contributed by atoms with van der Waals surface area (Å²) in [7, 11) is 0. The number of pyridine rings is 1. The van der Waals surface area contributed by atoms with E-state index in [2.05, 4.69) is 15.6 Å². The molecule has 3 rings (SSSR count). The maximum absolute atomic E-state index is 14.9. The topological polar surface area (TPSA) is 124 Å². The first kappa shape index (κ1) is 22.5. The molecule has 2 heterocycles. The molecule has 0 fully saturated rings. The van der Waals surface area contributed by atoms with Crippen LogP contribution in [0.25, 0.3) is 11.4 Å². The summed E-state index contributed by atoms with van der Waals surface area (Å²) in [4.78, 5) is 4.25. The first-order chi connectivity index (χ1) is 14.9. The summed E-state index contributed by atoms with van der Waals surface area (Å²) in [5, 5.41) is 6.42. The van der Waals surface area contributed by atoms with Gasteiger partial charge >= 0.3 is 0 Å². The number of anilines is 1. The minimum Gasteiger partial charge on any atom is -0.482 e. The molecule has 1 unspecified atom stereocenters. The normalized spacial score (nSPS) is 20.5. The lowest BCUT2D eigenvalue weighted by Crippen LogP contribution is -2.27. The number of hydrogen-bond donors (Lipinski definition) is 5. The van der Waals surface area contributed by atoms with Crippen LogP contribution in [0.15, 0.2) is 41.9 Å². The molecule has 0 radical (unpaired) electrons. The van der Waals surface area contributed by atoms with Crippen molar-refractivity contribution in [3.05, 3.63) is 64.4 Å². The number of fused-ring (bicyclic) bond motifs is 3. The van der Waals surface area contributed by atoms with Crippen LogP contribution >= 0.6 is 0 Å². The van der Waals surface area contributed by atoms with Crippen LogP contribution in [0.1, 0.15) is 36.6 Å². The van der Waals surface area contributed by atoms with E-state index in [0.717, 1.165) is 16.8 Å². The van der Waals surface area contributed by atoms with E-state index in [4.69, 9.17) is 21.9 Å². The molecular weight excluding hydrogens is 402 g/mol. The zero-order chi connectivity index (χ0) is 22.5. The average Bonchev–Trinajstić information content (AvgIpc) is 2.76. The zero-order valence-electron chi connectivity index (χ0n) is 17.6. The molecule has 0 aliphatic carbocycles. The predicted octanol–water partition coefficient (Wildman–Crippen LogP) is 2.42. The van der Waals surface area contributed by atoms with Gasteiger partial charge in [0.15, 0.2) is 11.6 Å². The fourth-order valence-corrected chi connectivity index (χ4v) is 3.54. The molecule has 1 aromatic heterocycles. The molecular formula is C22H28F2N6O. The molecule has 7 nitrogen and oxygen atoms in total. The number of hydrogen-bond acceptors (Lipinski definition) is 7. The van der Waals surface area contributed by atoms with Crippen LogP contribution in [0.3, 0.4) is 0 Å². The highest BCUT2D eigenvalue weighted by Crippen LogP contribution is 2.33. The molecule has 8 N–H and O–H groups in total. The Labute approximate surface area is 180 Å². The van der Waals surface area contributed by atoms with Crippen LogP contribution in [0.4, 0.5) is 14.6 Å². The fourth-order valence-electron chi connectivity index (χ4n) is 3.54. The van der Waals surface area contributed by atoms with Crippen molar-refractivity contribution in [2.75, 3.05) is 31.9 Å². The number of nitrogens with zero attached hydrogens (tertiary/aromatic N) is 1. The van der Waals surface area contributed by atoms with Gasteiger partial charge < -0.3 is 32.6 Å². The molecule has 2 bridgehead atoms. The summed E-state index contributed by atoms with van der Waals surface area (Å²) in [5.41, 5.74) is 21.0. The Morgan fingerprint density at radius 3 is 2.77 bits per heavy atom. The molecule has 0 amide bonds. The standard InChI is InChI=1S/C22H28F2N6O/c1-3-28-20-13-6-19(22(27)30-10-13)31-12(2)17-7-15(23)4-5-16(17)21(18(24)9-26)29-11-14(20)8-25/h4-7,10,12,28-29H,3,8-9,11,25-26H2,1-2H3,(H2,27,30)/b20-14+,21-18+. The molecule has 9 heteroatoms. The van der Waals surface area contributed by atoms with E-state index in [1.54, 1.807) is 19.2 Å². The van der Waals surface area contributed by atoms with Crippen LogP contribution in [-0.2, 0) is 0 Å². The minimum absolute atomic E-state index is 0.171. The number of nitrogens with two attached hydrogens (primary N) is 3. The summed E-state index contributed by atoms with van der Waals surface area (Å²) >= 11 is 0. The molecule has 2 aromatic rings. The number of ether oxygens (including phenoxy) is 1. The Bertz CT molecular complexity index is 1020. The van der Waals surface area contributed by atoms with Crippen molar-refractivity contribution in [2.24, 2.45) is 11.5 Å². The van der Waals surface area contributed by atoms with E-state index in [9.17, 15) is 8.78 Å². The third-order valence-electron chi connectivity index (χ3n) is 5.08. The van der Waals surface area contributed by atoms with Crippen LogP contribution in [0.2, 0.25) is 0 Å². The SMILES string of the molecule is CCN/C1=C(\CN)CN/C(=C(/F)CN)c2ccc(F)cc2C(C)Oc2cc1cnc2N. The van der Waals surface area contributed by atoms with Crippen molar-refractivity contribution < 1.29 is 13.5 Å². The quantitative estimate of drug-likeness (QED) is 0.505. The van der Waals surface area contributed by atoms with Gasteiger partial charge in [-0.3, -0.25) is 0 Å². The zero-order valence-corrected chi connectivity index (χ0v) is 17.6. The van der Waals surface area contributed by atoms with E-state index in [0.29, 0.717) is 23.4 Å². The molecule has 31 heavy (non-hydrogen) atoms. The number of benzene rings is 1. The minimum atomic E-state index is -0.646. The van der Waals surface area contributed by atoms with Crippen molar-refractivity contribution in [1.82, 2.24) is 15.6 Å². The van der Waals surface area contributed by atoms with E-state index in [1.165, 1.54) is 18.2 Å². The van der Waals surface area contributed by atoms with Gasteiger partial charge in [-0.05, 0) is 43.7 Å². The number of nitrogens with one attached hydrogen (secondary N) is 2. The molecule has 1 aromatic carbocycles. The average molecular weight is 431 g/mol. The van der Waals surface area contributed by atoms with Crippen molar-refractivity contribution >= 4 is 17.2 Å². The van der Waals surface area contributed by atoms with Crippen LogP contribution in [0.5, 0.6) is 5.75 Å². The largest absolute Gasteiger partial charge is 0.482 e. The second-order valence-corrected chi connectivity index (χ2v) is 7.15. The first-order valence-corrected chi connectivity index (χ1v) is 10.1. The van der Waals surface area contributed by atoms with Crippen molar-refractivity contribution in [1.29, 1.82) is 0 Å². The van der Waals surface area contributed by atoms with Gasteiger partial charge in [0.25, 0.3) is 0 Å². The second-order valence-electron chi connectivity index (χ2n) is 7.15. The first-order valence-electron chi connectivity index (χ1n) is 10.1. The molecule has 166 valence electrons. The Morgan fingerprint density at radius 1 is 1.32 bits per heavy atom. The smallest absolute Gasteiger partial charge is 0.166 e. The van der Waals surface area contributed by atoms with Gasteiger partial charge in [-0.2, -0.15) is 0 Å². The molecule has 0 saturated heterocycles. The summed E-state index contributed by atoms with van der Waals surface area (Å²) < 4.78 is 35.0. The van der Waals surface area contributed by atoms with Gasteiger partial charge in [-0.25, -0.2) is 13.8 Å². The van der Waals surface area contributed by atoms with Gasteiger partial charge in [-0.1, -0.05) is 0 Å². The lowest BCUT2D eigenvalue weighted by Gasteiger charge is -2.25. The summed E-state index contributed by atoms with van der Waals surface area (Å²) in [6.07, 6.45) is 0.976. The number of rotatable bonds is 4. The lowest BCUT2D eigenvalue weighted by molar-refractivity contribution is 0.226. The molecule has 1 atom stereocenters. The van der Waals surface area contributed by atoms with Crippen LogP contribution in [0, 0.1) is 5.82 Å². The molecule has 0 spiro atoms. The highest BCUT2D eigenvalue weighted by Gasteiger charge is 2.22. The Morgan fingerprint density at radius 2 is 2.10 bits per heavy atom. The summed E-state index contributed by atoms with van der Waals surface area (Å²) in [6.45, 7) is 4.47. The van der Waals surface area contributed by atoms with E-state index < -0.39 is 17.7 Å². The van der Waals surface area contributed by atoms with E-state index in [1.807, 2.05) is 6.92 Å². The van der Waals surface area contributed by atoms with Crippen LogP contribution < -0.4 is 32.6 Å². The van der Waals surface area contributed by atoms with Gasteiger partial charge in [0, 0.05) is 54.8 Å². The van der Waals surface area contributed by atoms with Crippen molar-refractivity contribution in [2.45, 2.75) is 20.0 Å². The van der Waals surface area contributed by atoms with Gasteiger partial charge in [0.05, 0.1) is 5.70 Å². The fraction of sp³-hybridized carbons (Fsp3) is 0.318. The van der Waals surface area contributed by atoms with Crippen molar-refractivity contribution in [3.8, 4) is 5.75 Å². The Kier molecular flexibility index (Phi) is 7.09. The Hall–Kier alpha value is -3.17.